The van der Waals surface area contributed by atoms with Gasteiger partial charge in [0, 0.05) is 56.4 Å². The first kappa shape index (κ1) is 34.2. The molecule has 1 atom stereocenters. The monoisotopic (exact) mass is 687 g/mol. The lowest BCUT2D eigenvalue weighted by atomic mass is 9.73. The molecule has 3 aromatic rings. The first-order valence-electron chi connectivity index (χ1n) is 16.4. The Morgan fingerprint density at radius 2 is 1.76 bits per heavy atom. The molecule has 13 nitrogen and oxygen atoms in total. The van der Waals surface area contributed by atoms with E-state index < -0.39 is 27.5 Å². The fourth-order valence-corrected chi connectivity index (χ4v) is 8.62. The molecular formula is C35H41N7O6S. The number of amides is 3. The van der Waals surface area contributed by atoms with Crippen LogP contribution in [0, 0.1) is 16.7 Å². The average Bonchev–Trinajstić information content (AvgIpc) is 3.32. The SMILES string of the molecule is CCOc1ncccc1[C@]1(NC(=O)N2CC3(CN(CCN(CC)CC)C3)C2)C(=O)N(S(=O)(=O)c2ccc(OC)cc2)c2ccc(C#N)cc21. The summed E-state index contributed by atoms with van der Waals surface area (Å²) in [6.45, 7) is 13.0. The number of rotatable bonds is 12. The van der Waals surface area contributed by atoms with Crippen LogP contribution >= 0.6 is 0 Å². The minimum atomic E-state index is -4.52. The van der Waals surface area contributed by atoms with Crippen molar-refractivity contribution in [3.05, 3.63) is 77.5 Å². The normalized spacial score (nSPS) is 19.6. The highest BCUT2D eigenvalue weighted by Gasteiger charge is 2.60. The number of nitriles is 1. The van der Waals surface area contributed by atoms with Gasteiger partial charge in [-0.15, -0.1) is 0 Å². The third kappa shape index (κ3) is 5.85. The van der Waals surface area contributed by atoms with Gasteiger partial charge in [0.25, 0.3) is 15.9 Å². The second kappa shape index (κ2) is 13.3. The molecule has 0 bridgehead atoms. The Labute approximate surface area is 287 Å². The van der Waals surface area contributed by atoms with Crippen molar-refractivity contribution >= 4 is 27.6 Å². The summed E-state index contributed by atoms with van der Waals surface area (Å²) in [5.41, 5.74) is -1.64. The maximum absolute atomic E-state index is 15.0. The van der Waals surface area contributed by atoms with Gasteiger partial charge in [0.15, 0.2) is 5.54 Å². The summed E-state index contributed by atoms with van der Waals surface area (Å²) in [6, 6.07) is 14.7. The van der Waals surface area contributed by atoms with E-state index in [9.17, 15) is 23.3 Å². The Morgan fingerprint density at radius 3 is 2.39 bits per heavy atom. The number of methoxy groups -OCH3 is 1. The molecule has 3 aliphatic heterocycles. The number of urea groups is 1. The molecule has 49 heavy (non-hydrogen) atoms. The van der Waals surface area contributed by atoms with Crippen molar-refractivity contribution in [3.8, 4) is 17.7 Å². The molecule has 258 valence electrons. The van der Waals surface area contributed by atoms with Gasteiger partial charge in [-0.05, 0) is 74.6 Å². The van der Waals surface area contributed by atoms with Gasteiger partial charge < -0.3 is 29.5 Å². The summed E-state index contributed by atoms with van der Waals surface area (Å²) in [4.78, 5) is 39.8. The standard InChI is InChI=1S/C35H41N7O6S/c1-5-39(6-2)17-18-40-21-34(22-40)23-41(24-34)33(44)38-35(28-9-8-16-37-31(28)48-7-3)29-19-25(20-36)10-15-30(29)42(32(35)43)49(45,46)27-13-11-26(47-4)12-14-27/h8-16,19H,5-7,17-18,21-24H2,1-4H3,(H,38,44)/t35-/m1/s1. The van der Waals surface area contributed by atoms with Crippen molar-refractivity contribution in [3.63, 3.8) is 0 Å². The van der Waals surface area contributed by atoms with E-state index in [1.165, 1.54) is 55.8 Å². The summed E-state index contributed by atoms with van der Waals surface area (Å²) >= 11 is 0. The summed E-state index contributed by atoms with van der Waals surface area (Å²) in [6.07, 6.45) is 1.49. The van der Waals surface area contributed by atoms with Gasteiger partial charge in [-0.1, -0.05) is 13.8 Å². The van der Waals surface area contributed by atoms with E-state index in [-0.39, 0.29) is 45.2 Å². The van der Waals surface area contributed by atoms with Crippen LogP contribution < -0.4 is 19.1 Å². The molecule has 3 aliphatic rings. The molecule has 6 rings (SSSR count). The molecule has 0 radical (unpaired) electrons. The number of likely N-dealkylation sites (tertiary alicyclic amines) is 2. The van der Waals surface area contributed by atoms with Crippen LogP contribution in [0.1, 0.15) is 37.5 Å². The minimum Gasteiger partial charge on any atom is -0.497 e. The van der Waals surface area contributed by atoms with Gasteiger partial charge in [0.05, 0.1) is 41.5 Å². The van der Waals surface area contributed by atoms with Crippen LogP contribution in [0.25, 0.3) is 0 Å². The fourth-order valence-electron chi connectivity index (χ4n) is 7.16. The fraction of sp³-hybridized carbons (Fsp3) is 0.429. The van der Waals surface area contributed by atoms with Gasteiger partial charge in [-0.2, -0.15) is 9.57 Å². The number of pyridine rings is 1. The first-order chi connectivity index (χ1) is 23.5. The molecule has 4 heterocycles. The average molecular weight is 688 g/mol. The number of benzene rings is 2. The van der Waals surface area contributed by atoms with Crippen molar-refractivity contribution in [1.29, 1.82) is 5.26 Å². The molecule has 1 spiro atoms. The summed E-state index contributed by atoms with van der Waals surface area (Å²) in [5, 5.41) is 12.8. The number of nitrogens with zero attached hydrogens (tertiary/aromatic N) is 6. The number of aromatic nitrogens is 1. The van der Waals surface area contributed by atoms with Crippen LogP contribution in [-0.4, -0.2) is 106 Å². The van der Waals surface area contributed by atoms with E-state index >= 15 is 0 Å². The lowest BCUT2D eigenvalue weighted by Crippen LogP contribution is -2.74. The highest BCUT2D eigenvalue weighted by Crippen LogP contribution is 2.50. The third-order valence-electron chi connectivity index (χ3n) is 9.69. The van der Waals surface area contributed by atoms with Crippen molar-refractivity contribution < 1.29 is 27.5 Å². The van der Waals surface area contributed by atoms with Crippen LogP contribution in [0.2, 0.25) is 0 Å². The number of carbonyl (C=O) groups is 2. The largest absolute Gasteiger partial charge is 0.497 e. The second-order valence-corrected chi connectivity index (χ2v) is 14.4. The van der Waals surface area contributed by atoms with Crippen molar-refractivity contribution in [1.82, 2.24) is 25.0 Å². The van der Waals surface area contributed by atoms with E-state index in [1.807, 2.05) is 0 Å². The zero-order chi connectivity index (χ0) is 35.0. The summed E-state index contributed by atoms with van der Waals surface area (Å²) in [7, 11) is -3.06. The highest BCUT2D eigenvalue weighted by molar-refractivity contribution is 7.93. The number of sulfonamides is 1. The summed E-state index contributed by atoms with van der Waals surface area (Å²) in [5.74, 6) is -0.453. The molecule has 2 aromatic carbocycles. The number of hydrogen-bond acceptors (Lipinski definition) is 10. The number of likely N-dealkylation sites (N-methyl/N-ethyl adjacent to an activating group) is 1. The molecule has 1 N–H and O–H groups in total. The Balaban J connectivity index is 1.37. The third-order valence-corrected chi connectivity index (χ3v) is 11.4. The molecule has 2 fully saturated rings. The summed E-state index contributed by atoms with van der Waals surface area (Å²) < 4.78 is 40.3. The van der Waals surface area contributed by atoms with Crippen LogP contribution in [-0.2, 0) is 20.4 Å². The van der Waals surface area contributed by atoms with Crippen LogP contribution in [0.15, 0.2) is 65.7 Å². The number of fused-ring (bicyclic) bond motifs is 1. The zero-order valence-corrected chi connectivity index (χ0v) is 29.0. The van der Waals surface area contributed by atoms with Crippen molar-refractivity contribution in [2.75, 3.05) is 70.4 Å². The second-order valence-electron chi connectivity index (χ2n) is 12.7. The van der Waals surface area contributed by atoms with E-state index in [0.29, 0.717) is 23.1 Å². The smallest absolute Gasteiger partial charge is 0.318 e. The van der Waals surface area contributed by atoms with Crippen molar-refractivity contribution in [2.24, 2.45) is 5.41 Å². The molecule has 14 heteroatoms. The lowest BCUT2D eigenvalue weighted by molar-refractivity contribution is -0.122. The number of ether oxygens (including phenoxy) is 2. The Hall–Kier alpha value is -4.71. The quantitative estimate of drug-likeness (QED) is 0.301. The molecule has 0 aliphatic carbocycles. The van der Waals surface area contributed by atoms with E-state index in [2.05, 4.69) is 40.0 Å². The maximum atomic E-state index is 15.0. The minimum absolute atomic E-state index is 0.00864. The number of anilines is 1. The topological polar surface area (TPSA) is 148 Å². The molecule has 3 amide bonds. The van der Waals surface area contributed by atoms with Crippen LogP contribution in [0.5, 0.6) is 11.6 Å². The Bertz CT molecular complexity index is 1880. The van der Waals surface area contributed by atoms with Gasteiger partial charge in [0.1, 0.15) is 5.75 Å². The predicted molar refractivity (Wildman–Crippen MR) is 182 cm³/mol. The maximum Gasteiger partial charge on any atom is 0.318 e. The van der Waals surface area contributed by atoms with Crippen LogP contribution in [0.4, 0.5) is 10.5 Å². The molecule has 0 saturated carbocycles. The van der Waals surface area contributed by atoms with Gasteiger partial charge >= 0.3 is 6.03 Å². The van der Waals surface area contributed by atoms with E-state index in [4.69, 9.17) is 9.47 Å². The van der Waals surface area contributed by atoms with Crippen LogP contribution in [0.3, 0.4) is 0 Å². The van der Waals surface area contributed by atoms with Gasteiger partial charge in [-0.25, -0.2) is 18.2 Å². The molecule has 1 aromatic heterocycles. The Morgan fingerprint density at radius 1 is 1.04 bits per heavy atom. The number of carbonyl (C=O) groups excluding carboxylic acids is 2. The molecular weight excluding hydrogens is 646 g/mol. The highest BCUT2D eigenvalue weighted by atomic mass is 32.2. The van der Waals surface area contributed by atoms with Crippen molar-refractivity contribution in [2.45, 2.75) is 31.2 Å². The van der Waals surface area contributed by atoms with Gasteiger partial charge in [-0.3, -0.25) is 4.79 Å². The zero-order valence-electron chi connectivity index (χ0n) is 28.2. The lowest BCUT2D eigenvalue weighted by Gasteiger charge is -2.60. The van der Waals surface area contributed by atoms with Gasteiger partial charge in [0.2, 0.25) is 5.88 Å². The Kier molecular flexibility index (Phi) is 9.27. The predicted octanol–water partition coefficient (Wildman–Crippen LogP) is 3.01. The first-order valence-corrected chi connectivity index (χ1v) is 17.9. The van der Waals surface area contributed by atoms with E-state index in [0.717, 1.165) is 39.3 Å². The number of nitrogens with one attached hydrogen (secondary N) is 1. The van der Waals surface area contributed by atoms with E-state index in [1.54, 1.807) is 24.0 Å². The molecule has 0 unspecified atom stereocenters. The number of hydrogen-bond donors (Lipinski definition) is 1. The molecule has 2 saturated heterocycles.